The number of fused-ring (bicyclic) bond motifs is 1. The molecule has 2 aliphatic rings. The third-order valence-electron chi connectivity index (χ3n) is 4.05. The van der Waals surface area contributed by atoms with Gasteiger partial charge < -0.3 is 15.8 Å². The molecule has 3 N–H and O–H groups in total. The Morgan fingerprint density at radius 2 is 2.28 bits per heavy atom. The molecule has 1 aromatic heterocycles. The van der Waals surface area contributed by atoms with Crippen LogP contribution in [-0.4, -0.2) is 41.6 Å². The standard InChI is InChI=1S/C12H20N4OS/c1-17-10-11(13)15-18-12(10)14-8-5-7-16-6-3-2-4-9(8)16/h8-9,14H,2-7H2,1H3,(H2,13,15). The zero-order chi connectivity index (χ0) is 12.5. The molecule has 18 heavy (non-hydrogen) atoms. The van der Waals surface area contributed by atoms with Gasteiger partial charge in [-0.15, -0.1) is 0 Å². The Balaban J connectivity index is 1.72. The molecule has 2 unspecified atom stereocenters. The maximum Gasteiger partial charge on any atom is 0.197 e. The molecule has 2 fully saturated rings. The lowest BCUT2D eigenvalue weighted by Gasteiger charge is -2.32. The number of ether oxygens (including phenoxy) is 1. The van der Waals surface area contributed by atoms with Gasteiger partial charge in [-0.25, -0.2) is 0 Å². The minimum Gasteiger partial charge on any atom is -0.490 e. The Morgan fingerprint density at radius 3 is 3.11 bits per heavy atom. The lowest BCUT2D eigenvalue weighted by molar-refractivity contribution is 0.193. The van der Waals surface area contributed by atoms with E-state index in [0.29, 0.717) is 23.7 Å². The monoisotopic (exact) mass is 268 g/mol. The molecule has 100 valence electrons. The van der Waals surface area contributed by atoms with Crippen molar-refractivity contribution in [3.8, 4) is 5.75 Å². The van der Waals surface area contributed by atoms with E-state index in [1.54, 1.807) is 7.11 Å². The van der Waals surface area contributed by atoms with Crippen LogP contribution < -0.4 is 15.8 Å². The molecule has 0 aliphatic carbocycles. The highest BCUT2D eigenvalue weighted by atomic mass is 32.1. The second-order valence-corrected chi connectivity index (χ2v) is 5.84. The zero-order valence-electron chi connectivity index (χ0n) is 10.7. The number of nitrogens with one attached hydrogen (secondary N) is 1. The summed E-state index contributed by atoms with van der Waals surface area (Å²) in [6.07, 6.45) is 5.20. The maximum atomic E-state index is 5.78. The maximum absolute atomic E-state index is 5.78. The highest BCUT2D eigenvalue weighted by Gasteiger charge is 2.36. The first kappa shape index (κ1) is 12.0. The first-order valence-electron chi connectivity index (χ1n) is 6.59. The fourth-order valence-electron chi connectivity index (χ4n) is 3.17. The predicted molar refractivity (Wildman–Crippen MR) is 74.3 cm³/mol. The van der Waals surface area contributed by atoms with Crippen LogP contribution in [0.4, 0.5) is 10.8 Å². The number of nitrogens with two attached hydrogens (primary N) is 1. The number of nitrogen functional groups attached to an aromatic ring is 1. The predicted octanol–water partition coefficient (Wildman–Crippen LogP) is 1.77. The van der Waals surface area contributed by atoms with Gasteiger partial charge in [-0.1, -0.05) is 6.42 Å². The van der Waals surface area contributed by atoms with Gasteiger partial charge in [0.25, 0.3) is 0 Å². The van der Waals surface area contributed by atoms with Gasteiger partial charge in [-0.3, -0.25) is 4.90 Å². The SMILES string of the molecule is COc1c(N)nsc1NC1CCN2CCCCC12. The van der Waals surface area contributed by atoms with Gasteiger partial charge in [0.1, 0.15) is 0 Å². The number of hydrogen-bond donors (Lipinski definition) is 2. The third kappa shape index (κ3) is 2.03. The highest BCUT2D eigenvalue weighted by molar-refractivity contribution is 7.11. The van der Waals surface area contributed by atoms with Gasteiger partial charge in [-0.05, 0) is 37.3 Å². The summed E-state index contributed by atoms with van der Waals surface area (Å²) in [7, 11) is 1.65. The van der Waals surface area contributed by atoms with E-state index in [-0.39, 0.29) is 0 Å². The summed E-state index contributed by atoms with van der Waals surface area (Å²) in [4.78, 5) is 2.61. The van der Waals surface area contributed by atoms with Gasteiger partial charge in [-0.2, -0.15) is 4.37 Å². The van der Waals surface area contributed by atoms with Crippen molar-refractivity contribution >= 4 is 22.4 Å². The molecule has 0 bridgehead atoms. The fourth-order valence-corrected chi connectivity index (χ4v) is 3.91. The molecule has 3 heterocycles. The Kier molecular flexibility index (Phi) is 3.30. The van der Waals surface area contributed by atoms with E-state index in [9.17, 15) is 0 Å². The molecule has 2 aliphatic heterocycles. The van der Waals surface area contributed by atoms with Crippen molar-refractivity contribution in [3.05, 3.63) is 0 Å². The van der Waals surface area contributed by atoms with E-state index in [2.05, 4.69) is 14.6 Å². The van der Waals surface area contributed by atoms with Gasteiger partial charge in [0, 0.05) is 18.6 Å². The normalized spacial score (nSPS) is 28.1. The van der Waals surface area contributed by atoms with Crippen LogP contribution in [-0.2, 0) is 0 Å². The molecule has 2 saturated heterocycles. The summed E-state index contributed by atoms with van der Waals surface area (Å²) >= 11 is 1.40. The summed E-state index contributed by atoms with van der Waals surface area (Å²) in [6.45, 7) is 2.46. The number of anilines is 2. The molecule has 5 nitrogen and oxygen atoms in total. The lowest BCUT2D eigenvalue weighted by atomic mass is 9.99. The summed E-state index contributed by atoms with van der Waals surface area (Å²) < 4.78 is 9.46. The molecule has 0 spiro atoms. The van der Waals surface area contributed by atoms with Gasteiger partial charge in [0.2, 0.25) is 0 Å². The Morgan fingerprint density at radius 1 is 1.39 bits per heavy atom. The Bertz CT molecular complexity index is 422. The van der Waals surface area contributed by atoms with Gasteiger partial charge in [0.05, 0.1) is 7.11 Å². The second kappa shape index (κ2) is 4.93. The largest absolute Gasteiger partial charge is 0.490 e. The average molecular weight is 268 g/mol. The first-order valence-corrected chi connectivity index (χ1v) is 7.36. The molecule has 2 atom stereocenters. The molecule has 0 radical (unpaired) electrons. The van der Waals surface area contributed by atoms with E-state index in [0.717, 1.165) is 5.00 Å². The van der Waals surface area contributed by atoms with Crippen molar-refractivity contribution < 1.29 is 4.74 Å². The van der Waals surface area contributed by atoms with Crippen molar-refractivity contribution in [2.45, 2.75) is 37.8 Å². The third-order valence-corrected chi connectivity index (χ3v) is 4.82. The van der Waals surface area contributed by atoms with Crippen LogP contribution >= 0.6 is 11.5 Å². The molecule has 0 amide bonds. The van der Waals surface area contributed by atoms with Crippen LogP contribution in [0.25, 0.3) is 0 Å². The quantitative estimate of drug-likeness (QED) is 0.875. The number of rotatable bonds is 3. The molecule has 1 aromatic rings. The second-order valence-electron chi connectivity index (χ2n) is 5.07. The van der Waals surface area contributed by atoms with Gasteiger partial charge in [0.15, 0.2) is 16.6 Å². The van der Waals surface area contributed by atoms with Crippen LogP contribution in [0.15, 0.2) is 0 Å². The lowest BCUT2D eigenvalue weighted by Crippen LogP contribution is -2.41. The smallest absolute Gasteiger partial charge is 0.197 e. The number of piperidine rings is 1. The zero-order valence-corrected chi connectivity index (χ0v) is 11.5. The minimum absolute atomic E-state index is 0.489. The number of methoxy groups -OCH3 is 1. The molecule has 0 aromatic carbocycles. The first-order chi connectivity index (χ1) is 8.79. The summed E-state index contributed by atoms with van der Waals surface area (Å²) in [6, 6.07) is 1.19. The van der Waals surface area contributed by atoms with E-state index in [1.165, 1.54) is 50.3 Å². The van der Waals surface area contributed by atoms with Crippen LogP contribution in [0.5, 0.6) is 5.75 Å². The molecular weight excluding hydrogens is 248 g/mol. The van der Waals surface area contributed by atoms with Crippen molar-refractivity contribution in [2.75, 3.05) is 31.2 Å². The fraction of sp³-hybridized carbons (Fsp3) is 0.750. The Labute approximate surface area is 111 Å². The summed E-state index contributed by atoms with van der Waals surface area (Å²) in [5.41, 5.74) is 5.78. The summed E-state index contributed by atoms with van der Waals surface area (Å²) in [5.74, 6) is 1.19. The summed E-state index contributed by atoms with van der Waals surface area (Å²) in [5, 5.41) is 4.57. The Hall–Kier alpha value is -1.01. The molecular formula is C12H20N4OS. The van der Waals surface area contributed by atoms with Crippen LogP contribution in [0, 0.1) is 0 Å². The van der Waals surface area contributed by atoms with Gasteiger partial charge >= 0.3 is 0 Å². The van der Waals surface area contributed by atoms with Crippen molar-refractivity contribution in [1.29, 1.82) is 0 Å². The van der Waals surface area contributed by atoms with Crippen LogP contribution in [0.1, 0.15) is 25.7 Å². The van der Waals surface area contributed by atoms with Crippen molar-refractivity contribution in [2.24, 2.45) is 0 Å². The molecule has 3 rings (SSSR count). The van der Waals surface area contributed by atoms with E-state index in [4.69, 9.17) is 10.5 Å². The van der Waals surface area contributed by atoms with E-state index >= 15 is 0 Å². The van der Waals surface area contributed by atoms with Crippen molar-refractivity contribution in [3.63, 3.8) is 0 Å². The van der Waals surface area contributed by atoms with Crippen LogP contribution in [0.2, 0.25) is 0 Å². The average Bonchev–Trinajstić information content (AvgIpc) is 2.95. The van der Waals surface area contributed by atoms with Crippen LogP contribution in [0.3, 0.4) is 0 Å². The minimum atomic E-state index is 0.489. The number of aromatic nitrogens is 1. The highest BCUT2D eigenvalue weighted by Crippen LogP contribution is 2.37. The van der Waals surface area contributed by atoms with E-state index < -0.39 is 0 Å². The number of nitrogens with zero attached hydrogens (tertiary/aromatic N) is 2. The molecule has 6 heteroatoms. The number of hydrogen-bond acceptors (Lipinski definition) is 6. The molecule has 0 saturated carbocycles. The topological polar surface area (TPSA) is 63.4 Å². The van der Waals surface area contributed by atoms with Crippen molar-refractivity contribution in [1.82, 2.24) is 9.27 Å². The van der Waals surface area contributed by atoms with E-state index in [1.807, 2.05) is 0 Å².